The van der Waals surface area contributed by atoms with Gasteiger partial charge in [-0.15, -0.1) is 0 Å². The Kier molecular flexibility index (Phi) is 6.09. The molecule has 0 spiro atoms. The van der Waals surface area contributed by atoms with Crippen LogP contribution in [0.4, 0.5) is 5.69 Å². The zero-order chi connectivity index (χ0) is 20.1. The molecule has 1 fully saturated rings. The van der Waals surface area contributed by atoms with Crippen molar-refractivity contribution in [2.45, 2.75) is 45.2 Å². The number of carbonyl (C=O) groups is 3. The zero-order valence-corrected chi connectivity index (χ0v) is 16.1. The monoisotopic (exact) mass is 379 g/mol. The van der Waals surface area contributed by atoms with Crippen LogP contribution in [0.3, 0.4) is 0 Å². The summed E-state index contributed by atoms with van der Waals surface area (Å²) >= 11 is 0. The largest absolute Gasteiger partial charge is 0.349 e. The third kappa shape index (κ3) is 5.42. The molecule has 3 rings (SSSR count). The quantitative estimate of drug-likeness (QED) is 0.691. The molecule has 3 N–H and O–H groups in total. The Morgan fingerprint density at radius 3 is 2.36 bits per heavy atom. The number of rotatable bonds is 7. The van der Waals surface area contributed by atoms with Gasteiger partial charge in [0.15, 0.2) is 0 Å². The van der Waals surface area contributed by atoms with Gasteiger partial charge in [0.05, 0.1) is 23.7 Å². The number of hydrogen-bond acceptors (Lipinski definition) is 3. The van der Waals surface area contributed by atoms with E-state index < -0.39 is 6.04 Å². The molecule has 1 aliphatic carbocycles. The van der Waals surface area contributed by atoms with E-state index in [0.29, 0.717) is 11.3 Å². The first-order valence-electron chi connectivity index (χ1n) is 9.46. The van der Waals surface area contributed by atoms with Crippen molar-refractivity contribution < 1.29 is 14.4 Å². The summed E-state index contributed by atoms with van der Waals surface area (Å²) in [6.45, 7) is 3.41. The van der Waals surface area contributed by atoms with Crippen molar-refractivity contribution in [3.05, 3.63) is 65.2 Å². The molecule has 3 amide bonds. The summed E-state index contributed by atoms with van der Waals surface area (Å²) in [4.78, 5) is 36.6. The Morgan fingerprint density at radius 2 is 1.71 bits per heavy atom. The summed E-state index contributed by atoms with van der Waals surface area (Å²) in [7, 11) is 0. The summed E-state index contributed by atoms with van der Waals surface area (Å²) in [5.41, 5.74) is 2.87. The van der Waals surface area contributed by atoms with E-state index in [2.05, 4.69) is 16.0 Å². The molecular formula is C22H25N3O3. The maximum atomic E-state index is 12.7. The lowest BCUT2D eigenvalue weighted by atomic mass is 10.0. The predicted molar refractivity (Wildman–Crippen MR) is 108 cm³/mol. The highest BCUT2D eigenvalue weighted by atomic mass is 16.2. The first kappa shape index (κ1) is 19.6. The number of carbonyl (C=O) groups excluding carboxylic acids is 3. The van der Waals surface area contributed by atoms with Crippen molar-refractivity contribution in [1.82, 2.24) is 10.6 Å². The lowest BCUT2D eigenvalue weighted by Gasteiger charge is -2.19. The first-order valence-corrected chi connectivity index (χ1v) is 9.46. The van der Waals surface area contributed by atoms with Crippen LogP contribution in [0.5, 0.6) is 0 Å². The van der Waals surface area contributed by atoms with Crippen LogP contribution in [0, 0.1) is 6.92 Å². The molecule has 6 nitrogen and oxygen atoms in total. The fourth-order valence-corrected chi connectivity index (χ4v) is 2.96. The van der Waals surface area contributed by atoms with Crippen molar-refractivity contribution in [2.75, 3.05) is 5.32 Å². The number of nitrogens with one attached hydrogen (secondary N) is 3. The number of para-hydroxylation sites is 1. The number of hydrogen-bond donors (Lipinski definition) is 3. The molecule has 0 aliphatic heterocycles. The van der Waals surface area contributed by atoms with Gasteiger partial charge in [0, 0.05) is 13.0 Å². The van der Waals surface area contributed by atoms with Gasteiger partial charge < -0.3 is 16.0 Å². The van der Waals surface area contributed by atoms with Crippen LogP contribution in [0.2, 0.25) is 0 Å². The van der Waals surface area contributed by atoms with E-state index in [9.17, 15) is 14.4 Å². The van der Waals surface area contributed by atoms with Crippen molar-refractivity contribution in [2.24, 2.45) is 0 Å². The van der Waals surface area contributed by atoms with Crippen LogP contribution >= 0.6 is 0 Å². The summed E-state index contributed by atoms with van der Waals surface area (Å²) in [5, 5.41) is 8.58. The highest BCUT2D eigenvalue weighted by Crippen LogP contribution is 2.23. The molecular weight excluding hydrogens is 354 g/mol. The second kappa shape index (κ2) is 8.69. The maximum Gasteiger partial charge on any atom is 0.253 e. The molecule has 28 heavy (non-hydrogen) atoms. The second-order valence-corrected chi connectivity index (χ2v) is 7.21. The van der Waals surface area contributed by atoms with Crippen LogP contribution in [-0.4, -0.2) is 23.8 Å². The average Bonchev–Trinajstić information content (AvgIpc) is 3.45. The van der Waals surface area contributed by atoms with E-state index >= 15 is 0 Å². The number of aryl methyl sites for hydroxylation is 1. The van der Waals surface area contributed by atoms with E-state index in [1.54, 1.807) is 24.3 Å². The standard InChI is InChI=1S/C22H25N3O3/c1-14-7-9-16(10-8-14)20(23-15(2)26)13-21(27)25-19-6-4-3-5-18(19)22(28)24-17-11-12-17/h3-10,17,20H,11-13H2,1-2H3,(H,23,26)(H,24,28)(H,25,27). The topological polar surface area (TPSA) is 87.3 Å². The minimum absolute atomic E-state index is 0.0707. The summed E-state index contributed by atoms with van der Waals surface area (Å²) in [5.74, 6) is -0.663. The van der Waals surface area contributed by atoms with Crippen LogP contribution < -0.4 is 16.0 Å². The maximum absolute atomic E-state index is 12.7. The van der Waals surface area contributed by atoms with E-state index in [4.69, 9.17) is 0 Å². The third-order valence-corrected chi connectivity index (χ3v) is 4.61. The third-order valence-electron chi connectivity index (χ3n) is 4.61. The summed E-state index contributed by atoms with van der Waals surface area (Å²) < 4.78 is 0. The van der Waals surface area contributed by atoms with E-state index in [1.807, 2.05) is 31.2 Å². The molecule has 0 bridgehead atoms. The van der Waals surface area contributed by atoms with Gasteiger partial charge in [0.25, 0.3) is 5.91 Å². The molecule has 2 aromatic rings. The van der Waals surface area contributed by atoms with Crippen LogP contribution in [0.25, 0.3) is 0 Å². The van der Waals surface area contributed by atoms with Gasteiger partial charge in [-0.1, -0.05) is 42.0 Å². The molecule has 2 aromatic carbocycles. The molecule has 0 heterocycles. The van der Waals surface area contributed by atoms with Crippen molar-refractivity contribution in [3.8, 4) is 0 Å². The number of amides is 3. The number of anilines is 1. The van der Waals surface area contributed by atoms with Gasteiger partial charge in [-0.2, -0.15) is 0 Å². The van der Waals surface area contributed by atoms with Gasteiger partial charge in [-0.05, 0) is 37.5 Å². The molecule has 1 aliphatic rings. The SMILES string of the molecule is CC(=O)NC(CC(=O)Nc1ccccc1C(=O)NC1CC1)c1ccc(C)cc1. The molecule has 1 saturated carbocycles. The van der Waals surface area contributed by atoms with Gasteiger partial charge in [-0.3, -0.25) is 14.4 Å². The first-order chi connectivity index (χ1) is 13.4. The van der Waals surface area contributed by atoms with Gasteiger partial charge in [-0.25, -0.2) is 0 Å². The second-order valence-electron chi connectivity index (χ2n) is 7.21. The highest BCUT2D eigenvalue weighted by Gasteiger charge is 2.25. The zero-order valence-electron chi connectivity index (χ0n) is 16.1. The van der Waals surface area contributed by atoms with Crippen LogP contribution in [-0.2, 0) is 9.59 Å². The fourth-order valence-electron chi connectivity index (χ4n) is 2.96. The Bertz CT molecular complexity index is 873. The lowest BCUT2D eigenvalue weighted by Crippen LogP contribution is -2.30. The highest BCUT2D eigenvalue weighted by molar-refractivity contribution is 6.04. The van der Waals surface area contributed by atoms with E-state index in [0.717, 1.165) is 24.0 Å². The smallest absolute Gasteiger partial charge is 0.253 e. The molecule has 0 radical (unpaired) electrons. The van der Waals surface area contributed by atoms with Crippen molar-refractivity contribution >= 4 is 23.4 Å². The molecule has 1 atom stereocenters. The van der Waals surface area contributed by atoms with Gasteiger partial charge >= 0.3 is 0 Å². The fraction of sp³-hybridized carbons (Fsp3) is 0.318. The molecule has 0 saturated heterocycles. The van der Waals surface area contributed by atoms with Crippen LogP contribution in [0.1, 0.15) is 53.7 Å². The normalized spacial score (nSPS) is 14.1. The molecule has 0 aromatic heterocycles. The lowest BCUT2D eigenvalue weighted by molar-refractivity contribution is -0.120. The van der Waals surface area contributed by atoms with E-state index in [-0.39, 0.29) is 30.2 Å². The van der Waals surface area contributed by atoms with Crippen molar-refractivity contribution in [3.63, 3.8) is 0 Å². The van der Waals surface area contributed by atoms with Crippen LogP contribution in [0.15, 0.2) is 48.5 Å². The van der Waals surface area contributed by atoms with Crippen molar-refractivity contribution in [1.29, 1.82) is 0 Å². The van der Waals surface area contributed by atoms with E-state index in [1.165, 1.54) is 6.92 Å². The minimum atomic E-state index is -0.439. The summed E-state index contributed by atoms with van der Waals surface area (Å²) in [6, 6.07) is 14.4. The number of benzene rings is 2. The minimum Gasteiger partial charge on any atom is -0.349 e. The van der Waals surface area contributed by atoms with Gasteiger partial charge in [0.2, 0.25) is 11.8 Å². The predicted octanol–water partition coefficient (Wildman–Crippen LogP) is 3.09. The molecule has 6 heteroatoms. The Morgan fingerprint density at radius 1 is 1.04 bits per heavy atom. The Labute approximate surface area is 164 Å². The Balaban J connectivity index is 1.71. The average molecular weight is 379 g/mol. The summed E-state index contributed by atoms with van der Waals surface area (Å²) in [6.07, 6.45) is 2.06. The van der Waals surface area contributed by atoms with Gasteiger partial charge in [0.1, 0.15) is 0 Å². The Hall–Kier alpha value is -3.15. The molecule has 1 unspecified atom stereocenters. The molecule has 146 valence electrons.